The van der Waals surface area contributed by atoms with E-state index in [1.54, 1.807) is 0 Å². The predicted octanol–water partition coefficient (Wildman–Crippen LogP) is 3.03. The molecule has 112 valence electrons. The van der Waals surface area contributed by atoms with Crippen molar-refractivity contribution < 1.29 is 4.74 Å². The number of benzene rings is 1. The van der Waals surface area contributed by atoms with Crippen LogP contribution in [0.25, 0.3) is 0 Å². The van der Waals surface area contributed by atoms with Crippen LogP contribution in [0.3, 0.4) is 0 Å². The van der Waals surface area contributed by atoms with Crippen molar-refractivity contribution >= 4 is 0 Å². The van der Waals surface area contributed by atoms with Crippen LogP contribution in [0.5, 0.6) is 5.75 Å². The molecule has 0 radical (unpaired) electrons. The summed E-state index contributed by atoms with van der Waals surface area (Å²) in [6.45, 7) is 9.41. The number of hydrogen-bond acceptors (Lipinski definition) is 3. The molecule has 1 fully saturated rings. The van der Waals surface area contributed by atoms with Crippen molar-refractivity contribution in [3.05, 3.63) is 29.8 Å². The number of nitrogens with zero attached hydrogens (tertiary/aromatic N) is 1. The number of ether oxygens (including phenoxy) is 1. The fourth-order valence-electron chi connectivity index (χ4n) is 2.96. The molecule has 1 aromatic carbocycles. The summed E-state index contributed by atoms with van der Waals surface area (Å²) >= 11 is 0. The van der Waals surface area contributed by atoms with Crippen LogP contribution in [0.1, 0.15) is 39.2 Å². The predicted molar refractivity (Wildman–Crippen MR) is 83.9 cm³/mol. The lowest BCUT2D eigenvalue weighted by atomic mass is 9.93. The van der Waals surface area contributed by atoms with Gasteiger partial charge in [-0.15, -0.1) is 0 Å². The Morgan fingerprint density at radius 3 is 2.70 bits per heavy atom. The summed E-state index contributed by atoms with van der Waals surface area (Å²) in [7, 11) is 0. The van der Waals surface area contributed by atoms with Crippen LogP contribution in [0, 0.1) is 5.92 Å². The van der Waals surface area contributed by atoms with Crippen molar-refractivity contribution in [3.63, 3.8) is 0 Å². The molecule has 0 aromatic heterocycles. The van der Waals surface area contributed by atoms with E-state index in [-0.39, 0.29) is 5.66 Å². The lowest BCUT2D eigenvalue weighted by molar-refractivity contribution is 0.0694. The lowest BCUT2D eigenvalue weighted by Crippen LogP contribution is -2.57. The first-order valence-corrected chi connectivity index (χ1v) is 7.77. The Bertz CT molecular complexity index is 423. The van der Waals surface area contributed by atoms with Gasteiger partial charge in [0.25, 0.3) is 0 Å². The number of likely N-dealkylation sites (tertiary alicyclic amines) is 1. The Hall–Kier alpha value is -1.06. The van der Waals surface area contributed by atoms with Crippen molar-refractivity contribution in [1.29, 1.82) is 0 Å². The number of rotatable bonds is 5. The van der Waals surface area contributed by atoms with Gasteiger partial charge >= 0.3 is 0 Å². The van der Waals surface area contributed by atoms with Crippen LogP contribution in [0.2, 0.25) is 0 Å². The fraction of sp³-hybridized carbons (Fsp3) is 0.647. The number of nitrogens with two attached hydrogens (primary N) is 1. The zero-order chi connectivity index (χ0) is 14.6. The van der Waals surface area contributed by atoms with E-state index in [9.17, 15) is 0 Å². The largest absolute Gasteiger partial charge is 0.494 e. The van der Waals surface area contributed by atoms with Crippen LogP contribution in [-0.2, 0) is 6.42 Å². The first kappa shape index (κ1) is 15.3. The highest BCUT2D eigenvalue weighted by molar-refractivity contribution is 5.29. The molecule has 0 saturated carbocycles. The molecule has 2 rings (SSSR count). The molecule has 2 N–H and O–H groups in total. The summed E-state index contributed by atoms with van der Waals surface area (Å²) in [6.07, 6.45) is 3.37. The minimum absolute atomic E-state index is 0.273. The van der Waals surface area contributed by atoms with Gasteiger partial charge in [0.2, 0.25) is 0 Å². The molecule has 3 heteroatoms. The summed E-state index contributed by atoms with van der Waals surface area (Å²) in [5.74, 6) is 1.77. The van der Waals surface area contributed by atoms with Gasteiger partial charge in [0.15, 0.2) is 0 Å². The van der Waals surface area contributed by atoms with E-state index >= 15 is 0 Å². The second kappa shape index (κ2) is 6.59. The van der Waals surface area contributed by atoms with Gasteiger partial charge < -0.3 is 10.5 Å². The van der Waals surface area contributed by atoms with Gasteiger partial charge in [0.05, 0.1) is 12.3 Å². The second-order valence-electron chi connectivity index (χ2n) is 6.28. The maximum Gasteiger partial charge on any atom is 0.119 e. The van der Waals surface area contributed by atoms with Crippen LogP contribution < -0.4 is 10.5 Å². The van der Waals surface area contributed by atoms with E-state index < -0.39 is 0 Å². The van der Waals surface area contributed by atoms with E-state index in [1.807, 2.05) is 13.0 Å². The molecule has 3 nitrogen and oxygen atoms in total. The molecule has 1 aliphatic rings. The molecule has 1 unspecified atom stereocenters. The first-order chi connectivity index (χ1) is 9.51. The molecule has 1 atom stereocenters. The maximum absolute atomic E-state index is 6.58. The van der Waals surface area contributed by atoms with Gasteiger partial charge in [-0.2, -0.15) is 0 Å². The maximum atomic E-state index is 6.58. The zero-order valence-electron chi connectivity index (χ0n) is 13.1. The summed E-state index contributed by atoms with van der Waals surface area (Å²) in [5.41, 5.74) is 7.55. The Balaban J connectivity index is 2.01. The van der Waals surface area contributed by atoms with Gasteiger partial charge in [-0.1, -0.05) is 19.1 Å². The lowest BCUT2D eigenvalue weighted by Gasteiger charge is -2.42. The molecular formula is C17H28N2O. The van der Waals surface area contributed by atoms with E-state index in [0.29, 0.717) is 6.61 Å². The van der Waals surface area contributed by atoms with E-state index in [2.05, 4.69) is 36.9 Å². The molecule has 1 aliphatic heterocycles. The molecule has 0 spiro atoms. The first-order valence-electron chi connectivity index (χ1n) is 7.77. The monoisotopic (exact) mass is 276 g/mol. The van der Waals surface area contributed by atoms with E-state index in [4.69, 9.17) is 10.5 Å². The van der Waals surface area contributed by atoms with Gasteiger partial charge in [-0.25, -0.2) is 0 Å². The fourth-order valence-corrected chi connectivity index (χ4v) is 2.96. The minimum atomic E-state index is -0.273. The topological polar surface area (TPSA) is 38.5 Å². The van der Waals surface area contributed by atoms with Crippen LogP contribution in [0.15, 0.2) is 24.3 Å². The molecule has 0 aliphatic carbocycles. The van der Waals surface area contributed by atoms with E-state index in [1.165, 1.54) is 18.4 Å². The average Bonchev–Trinajstić information content (AvgIpc) is 2.39. The zero-order valence-corrected chi connectivity index (χ0v) is 13.1. The molecular weight excluding hydrogens is 248 g/mol. The number of hydrogen-bond donors (Lipinski definition) is 1. The Morgan fingerprint density at radius 2 is 2.05 bits per heavy atom. The van der Waals surface area contributed by atoms with Crippen molar-refractivity contribution in [2.45, 2.75) is 45.7 Å². The molecule has 1 aromatic rings. The highest BCUT2D eigenvalue weighted by atomic mass is 16.5. The standard InChI is InChI=1S/C17H28N2O/c1-4-20-16-7-5-6-15(12-16)13-17(3,18)19-10-8-14(2)9-11-19/h5-7,12,14H,4,8-11,13,18H2,1-3H3. The average molecular weight is 276 g/mol. The third-order valence-corrected chi connectivity index (χ3v) is 4.28. The summed E-state index contributed by atoms with van der Waals surface area (Å²) < 4.78 is 5.57. The van der Waals surface area contributed by atoms with Crippen molar-refractivity contribution in [2.24, 2.45) is 11.7 Å². The van der Waals surface area contributed by atoms with E-state index in [0.717, 1.165) is 31.2 Å². The van der Waals surface area contributed by atoms with Crippen molar-refractivity contribution in [3.8, 4) is 5.75 Å². The minimum Gasteiger partial charge on any atom is -0.494 e. The summed E-state index contributed by atoms with van der Waals surface area (Å²) in [5, 5.41) is 0. The molecule has 20 heavy (non-hydrogen) atoms. The molecule has 0 amide bonds. The Kier molecular flexibility index (Phi) is 5.06. The van der Waals surface area contributed by atoms with Gasteiger partial charge in [-0.05, 0) is 50.3 Å². The summed E-state index contributed by atoms with van der Waals surface area (Å²) in [4.78, 5) is 2.43. The smallest absolute Gasteiger partial charge is 0.119 e. The van der Waals surface area contributed by atoms with Crippen LogP contribution in [-0.4, -0.2) is 30.3 Å². The SMILES string of the molecule is CCOc1cccc(CC(C)(N)N2CCC(C)CC2)c1. The van der Waals surface area contributed by atoms with Crippen LogP contribution in [0.4, 0.5) is 0 Å². The highest BCUT2D eigenvalue weighted by Crippen LogP contribution is 2.24. The summed E-state index contributed by atoms with van der Waals surface area (Å²) in [6, 6.07) is 8.31. The van der Waals surface area contributed by atoms with Gasteiger partial charge in [0, 0.05) is 19.5 Å². The molecule has 1 saturated heterocycles. The van der Waals surface area contributed by atoms with Gasteiger partial charge in [0.1, 0.15) is 5.75 Å². The second-order valence-corrected chi connectivity index (χ2v) is 6.28. The van der Waals surface area contributed by atoms with Crippen molar-refractivity contribution in [1.82, 2.24) is 4.90 Å². The third kappa shape index (κ3) is 3.97. The third-order valence-electron chi connectivity index (χ3n) is 4.28. The molecule has 0 bridgehead atoms. The van der Waals surface area contributed by atoms with Crippen LogP contribution >= 0.6 is 0 Å². The van der Waals surface area contributed by atoms with Gasteiger partial charge in [-0.3, -0.25) is 4.90 Å². The van der Waals surface area contributed by atoms with Crippen molar-refractivity contribution in [2.75, 3.05) is 19.7 Å². The number of piperidine rings is 1. The Labute approximate surface area is 123 Å². The highest BCUT2D eigenvalue weighted by Gasteiger charge is 2.30. The quantitative estimate of drug-likeness (QED) is 0.898. The molecule has 1 heterocycles. The normalized spacial score (nSPS) is 20.6. The Morgan fingerprint density at radius 1 is 1.35 bits per heavy atom.